The van der Waals surface area contributed by atoms with E-state index in [4.69, 9.17) is 4.74 Å². The van der Waals surface area contributed by atoms with Crippen LogP contribution in [-0.2, 0) is 12.6 Å². The monoisotopic (exact) mass is 530 g/mol. The highest BCUT2D eigenvalue weighted by molar-refractivity contribution is 6.00. The SMILES string of the molecule is CCOc1cc(-c2ncc(NC(=O)Nc3ccc(CCN4CCCC4)c(C(F)(F)F)c3)c(C)n2)c[nH]c1=O. The van der Waals surface area contributed by atoms with Gasteiger partial charge in [-0.1, -0.05) is 6.07 Å². The number of benzene rings is 1. The van der Waals surface area contributed by atoms with Crippen LogP contribution < -0.4 is 20.9 Å². The lowest BCUT2D eigenvalue weighted by atomic mass is 10.0. The summed E-state index contributed by atoms with van der Waals surface area (Å²) in [6.45, 7) is 6.10. The summed E-state index contributed by atoms with van der Waals surface area (Å²) in [5.41, 5.74) is 0.288. The van der Waals surface area contributed by atoms with Gasteiger partial charge >= 0.3 is 12.2 Å². The van der Waals surface area contributed by atoms with Crippen LogP contribution in [0.4, 0.5) is 29.3 Å². The van der Waals surface area contributed by atoms with Crippen LogP contribution in [0.1, 0.15) is 36.6 Å². The molecule has 3 N–H and O–H groups in total. The first-order valence-corrected chi connectivity index (χ1v) is 12.3. The van der Waals surface area contributed by atoms with Crippen LogP contribution in [-0.4, -0.2) is 52.1 Å². The number of carbonyl (C=O) groups is 1. The first kappa shape index (κ1) is 27.1. The molecular formula is C26H29F3N6O3. The van der Waals surface area contributed by atoms with Crippen molar-refractivity contribution in [3.8, 4) is 17.1 Å². The van der Waals surface area contributed by atoms with E-state index in [1.54, 1.807) is 13.8 Å². The zero-order valence-electron chi connectivity index (χ0n) is 21.1. The Morgan fingerprint density at radius 3 is 2.63 bits per heavy atom. The van der Waals surface area contributed by atoms with E-state index in [1.165, 1.54) is 30.6 Å². The van der Waals surface area contributed by atoms with Gasteiger partial charge < -0.3 is 25.3 Å². The van der Waals surface area contributed by atoms with Crippen molar-refractivity contribution in [2.45, 2.75) is 39.3 Å². The molecule has 1 aliphatic heterocycles. The second kappa shape index (κ2) is 11.6. The second-order valence-electron chi connectivity index (χ2n) is 8.95. The number of hydrogen-bond acceptors (Lipinski definition) is 6. The van der Waals surface area contributed by atoms with Gasteiger partial charge in [-0.25, -0.2) is 14.8 Å². The molecule has 9 nitrogen and oxygen atoms in total. The topological polar surface area (TPSA) is 112 Å². The number of anilines is 2. The summed E-state index contributed by atoms with van der Waals surface area (Å²) in [5, 5.41) is 5.02. The summed E-state index contributed by atoms with van der Waals surface area (Å²) >= 11 is 0. The summed E-state index contributed by atoms with van der Waals surface area (Å²) < 4.78 is 46.5. The predicted octanol–water partition coefficient (Wildman–Crippen LogP) is 4.84. The van der Waals surface area contributed by atoms with E-state index in [2.05, 4.69) is 30.5 Å². The highest BCUT2D eigenvalue weighted by Gasteiger charge is 2.33. The number of likely N-dealkylation sites (tertiary alicyclic amines) is 1. The number of halogens is 3. The summed E-state index contributed by atoms with van der Waals surface area (Å²) in [4.78, 5) is 37.7. The van der Waals surface area contributed by atoms with Crippen molar-refractivity contribution in [2.24, 2.45) is 0 Å². The summed E-state index contributed by atoms with van der Waals surface area (Å²) in [6.07, 6.45) is 0.709. The van der Waals surface area contributed by atoms with Gasteiger partial charge in [-0.05, 0) is 70.0 Å². The molecule has 2 aromatic heterocycles. The summed E-state index contributed by atoms with van der Waals surface area (Å²) in [5.74, 6) is 0.429. The number of H-pyrrole nitrogens is 1. The van der Waals surface area contributed by atoms with E-state index in [9.17, 15) is 22.8 Å². The number of aromatic amines is 1. The molecule has 1 aromatic carbocycles. The summed E-state index contributed by atoms with van der Waals surface area (Å²) in [6, 6.07) is 4.62. The van der Waals surface area contributed by atoms with Crippen molar-refractivity contribution in [2.75, 3.05) is 36.9 Å². The lowest BCUT2D eigenvalue weighted by Crippen LogP contribution is -2.23. The van der Waals surface area contributed by atoms with E-state index in [0.717, 1.165) is 32.0 Å². The van der Waals surface area contributed by atoms with Crippen molar-refractivity contribution in [1.82, 2.24) is 19.9 Å². The normalized spacial score (nSPS) is 13.9. The average molecular weight is 531 g/mol. The van der Waals surface area contributed by atoms with E-state index in [-0.39, 0.29) is 34.7 Å². The highest BCUT2D eigenvalue weighted by Crippen LogP contribution is 2.34. The third-order valence-corrected chi connectivity index (χ3v) is 6.22. The molecule has 12 heteroatoms. The number of nitrogens with zero attached hydrogens (tertiary/aromatic N) is 3. The average Bonchev–Trinajstić information content (AvgIpc) is 3.39. The van der Waals surface area contributed by atoms with Crippen LogP contribution in [0.5, 0.6) is 5.75 Å². The zero-order valence-corrected chi connectivity index (χ0v) is 21.1. The van der Waals surface area contributed by atoms with Crippen LogP contribution in [0.25, 0.3) is 11.4 Å². The predicted molar refractivity (Wildman–Crippen MR) is 137 cm³/mol. The van der Waals surface area contributed by atoms with Crippen LogP contribution in [0.2, 0.25) is 0 Å². The van der Waals surface area contributed by atoms with Gasteiger partial charge in [-0.15, -0.1) is 0 Å². The number of aromatic nitrogens is 3. The van der Waals surface area contributed by atoms with Gasteiger partial charge in [0.25, 0.3) is 5.56 Å². The van der Waals surface area contributed by atoms with Crippen molar-refractivity contribution >= 4 is 17.4 Å². The minimum atomic E-state index is -4.54. The maximum Gasteiger partial charge on any atom is 0.416 e. The number of aryl methyl sites for hydroxylation is 1. The molecule has 3 heterocycles. The highest BCUT2D eigenvalue weighted by atomic mass is 19.4. The molecule has 1 fully saturated rings. The molecule has 202 valence electrons. The Labute approximate surface area is 217 Å². The molecule has 2 amide bonds. The minimum Gasteiger partial charge on any atom is -0.488 e. The second-order valence-corrected chi connectivity index (χ2v) is 8.95. The van der Waals surface area contributed by atoms with Gasteiger partial charge in [0.05, 0.1) is 29.7 Å². The number of ether oxygens (including phenoxy) is 1. The van der Waals surface area contributed by atoms with E-state index in [0.29, 0.717) is 30.2 Å². The lowest BCUT2D eigenvalue weighted by molar-refractivity contribution is -0.138. The molecule has 0 atom stereocenters. The number of amides is 2. The van der Waals surface area contributed by atoms with Crippen molar-refractivity contribution in [3.05, 3.63) is 63.8 Å². The van der Waals surface area contributed by atoms with E-state index >= 15 is 0 Å². The third kappa shape index (κ3) is 6.68. The Morgan fingerprint density at radius 1 is 1.18 bits per heavy atom. The maximum atomic E-state index is 13.7. The van der Waals surface area contributed by atoms with Crippen LogP contribution in [0.3, 0.4) is 0 Å². The Bertz CT molecular complexity index is 1350. The lowest BCUT2D eigenvalue weighted by Gasteiger charge is -2.18. The molecule has 1 saturated heterocycles. The molecule has 38 heavy (non-hydrogen) atoms. The number of urea groups is 1. The molecule has 1 aliphatic rings. The molecule has 3 aromatic rings. The molecule has 0 aliphatic carbocycles. The van der Waals surface area contributed by atoms with Crippen molar-refractivity contribution < 1.29 is 22.7 Å². The minimum absolute atomic E-state index is 0.0200. The van der Waals surface area contributed by atoms with Gasteiger partial charge in [0.2, 0.25) is 0 Å². The number of nitrogens with one attached hydrogen (secondary N) is 3. The van der Waals surface area contributed by atoms with Crippen molar-refractivity contribution in [1.29, 1.82) is 0 Å². The molecule has 0 radical (unpaired) electrons. The van der Waals surface area contributed by atoms with Crippen LogP contribution in [0, 0.1) is 6.92 Å². The number of carbonyl (C=O) groups excluding carboxylic acids is 1. The number of alkyl halides is 3. The van der Waals surface area contributed by atoms with Crippen LogP contribution >= 0.6 is 0 Å². The molecule has 0 saturated carbocycles. The van der Waals surface area contributed by atoms with E-state index in [1.807, 2.05) is 0 Å². The van der Waals surface area contributed by atoms with Gasteiger partial charge in [0.15, 0.2) is 11.6 Å². The van der Waals surface area contributed by atoms with Gasteiger partial charge in [-0.2, -0.15) is 13.2 Å². The smallest absolute Gasteiger partial charge is 0.416 e. The van der Waals surface area contributed by atoms with Gasteiger partial charge in [-0.3, -0.25) is 4.79 Å². The Hall–Kier alpha value is -3.93. The Morgan fingerprint density at radius 2 is 1.95 bits per heavy atom. The molecule has 4 rings (SSSR count). The summed E-state index contributed by atoms with van der Waals surface area (Å²) in [7, 11) is 0. The zero-order chi connectivity index (χ0) is 27.3. The Balaban J connectivity index is 1.45. The number of hydrogen-bond donors (Lipinski definition) is 3. The fraction of sp³-hybridized carbons (Fsp3) is 0.385. The van der Waals surface area contributed by atoms with Crippen LogP contribution in [0.15, 0.2) is 41.5 Å². The first-order valence-electron chi connectivity index (χ1n) is 12.3. The van der Waals surface area contributed by atoms with Gasteiger partial charge in [0.1, 0.15) is 0 Å². The standard InChI is InChI=1S/C26H29F3N6O3/c1-3-38-22-12-18(14-31-24(22)36)23-30-15-21(16(2)32-23)34-25(37)33-19-7-6-17(20(13-19)26(27,28)29)8-11-35-9-4-5-10-35/h6-7,12-15H,3-5,8-11H2,1-2H3,(H,31,36)(H2,33,34,37). The fourth-order valence-electron chi connectivity index (χ4n) is 4.29. The van der Waals surface area contributed by atoms with Gasteiger partial charge in [0, 0.05) is 24.0 Å². The maximum absolute atomic E-state index is 13.7. The third-order valence-electron chi connectivity index (χ3n) is 6.22. The first-order chi connectivity index (χ1) is 18.1. The number of pyridine rings is 1. The number of rotatable bonds is 8. The quantitative estimate of drug-likeness (QED) is 0.384. The molecule has 0 bridgehead atoms. The fourth-order valence-corrected chi connectivity index (χ4v) is 4.29. The van der Waals surface area contributed by atoms with Crippen molar-refractivity contribution in [3.63, 3.8) is 0 Å². The largest absolute Gasteiger partial charge is 0.488 e. The molecular weight excluding hydrogens is 501 g/mol. The molecule has 0 spiro atoms. The molecule has 0 unspecified atom stereocenters. The van der Waals surface area contributed by atoms with E-state index < -0.39 is 17.8 Å². The Kier molecular flexibility index (Phi) is 8.30.